The Hall–Kier alpha value is -3.55. The standard InChI is InChI=1S/C17H14N6O2/c1-2-4-13(5-3-1)10-16-19-17(25-20-16)11-24-15-8-6-14(7-9-15)23-12-18-21-22-23/h1-9,12H,10-11H2. The van der Waals surface area contributed by atoms with Crippen LogP contribution < -0.4 is 4.74 Å². The van der Waals surface area contributed by atoms with Gasteiger partial charge in [-0.25, -0.2) is 4.68 Å². The summed E-state index contributed by atoms with van der Waals surface area (Å²) >= 11 is 0. The predicted molar refractivity (Wildman–Crippen MR) is 87.0 cm³/mol. The minimum Gasteiger partial charge on any atom is -0.484 e. The lowest BCUT2D eigenvalue weighted by atomic mass is 10.1. The van der Waals surface area contributed by atoms with E-state index < -0.39 is 0 Å². The van der Waals surface area contributed by atoms with Crippen LogP contribution in [-0.4, -0.2) is 30.3 Å². The predicted octanol–water partition coefficient (Wildman–Crippen LogP) is 2.22. The molecule has 0 N–H and O–H groups in total. The topological polar surface area (TPSA) is 91.8 Å². The first-order valence-electron chi connectivity index (χ1n) is 7.68. The first kappa shape index (κ1) is 15.0. The van der Waals surface area contributed by atoms with E-state index in [9.17, 15) is 0 Å². The Morgan fingerprint density at radius 3 is 2.60 bits per heavy atom. The Bertz CT molecular complexity index is 919. The molecule has 8 heteroatoms. The fourth-order valence-electron chi connectivity index (χ4n) is 2.32. The number of tetrazole rings is 1. The molecule has 0 saturated carbocycles. The highest BCUT2D eigenvalue weighted by Crippen LogP contribution is 2.16. The average Bonchev–Trinajstić information content (AvgIpc) is 3.33. The van der Waals surface area contributed by atoms with E-state index in [2.05, 4.69) is 25.7 Å². The summed E-state index contributed by atoms with van der Waals surface area (Å²) in [6, 6.07) is 17.4. The number of hydrogen-bond acceptors (Lipinski definition) is 7. The Kier molecular flexibility index (Phi) is 4.15. The second kappa shape index (κ2) is 6.91. The average molecular weight is 334 g/mol. The van der Waals surface area contributed by atoms with Crippen molar-refractivity contribution in [1.82, 2.24) is 30.3 Å². The molecule has 0 saturated heterocycles. The van der Waals surface area contributed by atoms with E-state index in [0.717, 1.165) is 11.3 Å². The van der Waals surface area contributed by atoms with Crippen LogP contribution in [0.4, 0.5) is 0 Å². The van der Waals surface area contributed by atoms with E-state index in [1.807, 2.05) is 54.6 Å². The first-order valence-corrected chi connectivity index (χ1v) is 7.68. The van der Waals surface area contributed by atoms with Crippen LogP contribution in [0.3, 0.4) is 0 Å². The lowest BCUT2D eigenvalue weighted by molar-refractivity contribution is 0.242. The van der Waals surface area contributed by atoms with E-state index in [-0.39, 0.29) is 6.61 Å². The number of rotatable bonds is 6. The van der Waals surface area contributed by atoms with Crippen molar-refractivity contribution in [1.29, 1.82) is 0 Å². The first-order chi connectivity index (χ1) is 12.4. The Morgan fingerprint density at radius 2 is 1.84 bits per heavy atom. The quantitative estimate of drug-likeness (QED) is 0.534. The zero-order valence-electron chi connectivity index (χ0n) is 13.2. The number of aromatic nitrogens is 6. The summed E-state index contributed by atoms with van der Waals surface area (Å²) < 4.78 is 12.5. The summed E-state index contributed by atoms with van der Waals surface area (Å²) in [5.74, 6) is 1.77. The molecule has 0 radical (unpaired) electrons. The molecule has 2 aromatic heterocycles. The highest BCUT2D eigenvalue weighted by atomic mass is 16.5. The van der Waals surface area contributed by atoms with Crippen molar-refractivity contribution in [3.05, 3.63) is 78.2 Å². The second-order valence-corrected chi connectivity index (χ2v) is 5.30. The molecule has 124 valence electrons. The van der Waals surface area contributed by atoms with E-state index in [1.54, 1.807) is 4.68 Å². The van der Waals surface area contributed by atoms with Crippen molar-refractivity contribution in [2.24, 2.45) is 0 Å². The number of hydrogen-bond donors (Lipinski definition) is 0. The fourth-order valence-corrected chi connectivity index (χ4v) is 2.32. The van der Waals surface area contributed by atoms with Crippen LogP contribution in [0.2, 0.25) is 0 Å². The summed E-state index contributed by atoms with van der Waals surface area (Å²) in [4.78, 5) is 4.35. The minimum absolute atomic E-state index is 0.214. The SMILES string of the molecule is c1ccc(Cc2noc(COc3ccc(-n4cnnn4)cc3)n2)cc1. The third-order valence-corrected chi connectivity index (χ3v) is 3.53. The van der Waals surface area contributed by atoms with Gasteiger partial charge in [-0.05, 0) is 40.3 Å². The van der Waals surface area contributed by atoms with Gasteiger partial charge in [-0.3, -0.25) is 0 Å². The lowest BCUT2D eigenvalue weighted by Crippen LogP contribution is -1.98. The normalized spacial score (nSPS) is 10.7. The van der Waals surface area contributed by atoms with Gasteiger partial charge in [-0.15, -0.1) is 5.10 Å². The maximum atomic E-state index is 5.67. The van der Waals surface area contributed by atoms with Gasteiger partial charge in [0, 0.05) is 6.42 Å². The molecule has 0 aliphatic rings. The zero-order chi connectivity index (χ0) is 16.9. The molecule has 0 amide bonds. The molecule has 25 heavy (non-hydrogen) atoms. The van der Waals surface area contributed by atoms with Gasteiger partial charge < -0.3 is 9.26 Å². The van der Waals surface area contributed by atoms with Gasteiger partial charge in [0.25, 0.3) is 5.89 Å². The van der Waals surface area contributed by atoms with Crippen molar-refractivity contribution in [2.75, 3.05) is 0 Å². The number of nitrogens with zero attached hydrogens (tertiary/aromatic N) is 6. The van der Waals surface area contributed by atoms with Crippen molar-refractivity contribution < 1.29 is 9.26 Å². The van der Waals surface area contributed by atoms with Crippen molar-refractivity contribution in [2.45, 2.75) is 13.0 Å². The molecule has 0 aliphatic heterocycles. The molecular weight excluding hydrogens is 320 g/mol. The molecule has 0 aliphatic carbocycles. The second-order valence-electron chi connectivity index (χ2n) is 5.30. The molecule has 4 aromatic rings. The summed E-state index contributed by atoms with van der Waals surface area (Å²) in [5, 5.41) is 15.0. The summed E-state index contributed by atoms with van der Waals surface area (Å²) in [7, 11) is 0. The van der Waals surface area contributed by atoms with Crippen LogP contribution in [0.5, 0.6) is 5.75 Å². The molecule has 2 heterocycles. The highest BCUT2D eigenvalue weighted by Gasteiger charge is 2.08. The van der Waals surface area contributed by atoms with E-state index in [4.69, 9.17) is 9.26 Å². The maximum absolute atomic E-state index is 5.67. The van der Waals surface area contributed by atoms with E-state index >= 15 is 0 Å². The maximum Gasteiger partial charge on any atom is 0.264 e. The molecule has 8 nitrogen and oxygen atoms in total. The lowest BCUT2D eigenvalue weighted by Gasteiger charge is -2.04. The Labute approximate surface area is 143 Å². The molecule has 4 rings (SSSR count). The number of benzene rings is 2. The largest absolute Gasteiger partial charge is 0.484 e. The van der Waals surface area contributed by atoms with Gasteiger partial charge in [0.05, 0.1) is 5.69 Å². The van der Waals surface area contributed by atoms with Gasteiger partial charge in [0.2, 0.25) is 0 Å². The summed E-state index contributed by atoms with van der Waals surface area (Å²) in [5.41, 5.74) is 1.98. The van der Waals surface area contributed by atoms with Crippen molar-refractivity contribution in [3.8, 4) is 11.4 Å². The summed E-state index contributed by atoms with van der Waals surface area (Å²) in [6.07, 6.45) is 2.16. The van der Waals surface area contributed by atoms with Crippen LogP contribution in [0.25, 0.3) is 5.69 Å². The zero-order valence-corrected chi connectivity index (χ0v) is 13.2. The third-order valence-electron chi connectivity index (χ3n) is 3.53. The molecule has 0 unspecified atom stereocenters. The van der Waals surface area contributed by atoms with Crippen LogP contribution in [0, 0.1) is 0 Å². The Morgan fingerprint density at radius 1 is 1.00 bits per heavy atom. The van der Waals surface area contributed by atoms with Gasteiger partial charge in [0.15, 0.2) is 12.4 Å². The highest BCUT2D eigenvalue weighted by molar-refractivity contribution is 5.36. The van der Waals surface area contributed by atoms with Crippen LogP contribution in [0.15, 0.2) is 65.4 Å². The Balaban J connectivity index is 1.35. The van der Waals surface area contributed by atoms with Crippen molar-refractivity contribution in [3.63, 3.8) is 0 Å². The molecule has 0 atom stereocenters. The summed E-state index contributed by atoms with van der Waals surface area (Å²) in [6.45, 7) is 0.214. The third kappa shape index (κ3) is 3.69. The van der Waals surface area contributed by atoms with Crippen LogP contribution in [-0.2, 0) is 13.0 Å². The minimum atomic E-state index is 0.214. The molecule has 0 fully saturated rings. The van der Waals surface area contributed by atoms with E-state index in [1.165, 1.54) is 6.33 Å². The van der Waals surface area contributed by atoms with Crippen LogP contribution in [0.1, 0.15) is 17.3 Å². The fraction of sp³-hybridized carbons (Fsp3) is 0.118. The molecule has 2 aromatic carbocycles. The molecule has 0 bridgehead atoms. The number of ether oxygens (including phenoxy) is 1. The smallest absolute Gasteiger partial charge is 0.264 e. The van der Waals surface area contributed by atoms with Crippen LogP contribution >= 0.6 is 0 Å². The monoisotopic (exact) mass is 334 g/mol. The van der Waals surface area contributed by atoms with E-state index in [0.29, 0.717) is 23.9 Å². The molecular formula is C17H14N6O2. The van der Waals surface area contributed by atoms with Gasteiger partial charge >= 0.3 is 0 Å². The van der Waals surface area contributed by atoms with Crippen molar-refractivity contribution >= 4 is 0 Å². The van der Waals surface area contributed by atoms with Gasteiger partial charge in [0.1, 0.15) is 12.1 Å². The van der Waals surface area contributed by atoms with Gasteiger partial charge in [-0.1, -0.05) is 35.5 Å². The molecule has 0 spiro atoms. The van der Waals surface area contributed by atoms with Gasteiger partial charge in [-0.2, -0.15) is 4.98 Å².